The summed E-state index contributed by atoms with van der Waals surface area (Å²) in [6, 6.07) is 9.96. The molecule has 1 saturated carbocycles. The summed E-state index contributed by atoms with van der Waals surface area (Å²) in [6.07, 6.45) is 2.79. The predicted octanol–water partition coefficient (Wildman–Crippen LogP) is 3.42. The van der Waals surface area contributed by atoms with Crippen LogP contribution in [0.1, 0.15) is 44.7 Å². The Morgan fingerprint density at radius 3 is 2.32 bits per heavy atom. The van der Waals surface area contributed by atoms with Gasteiger partial charge in [-0.25, -0.2) is 0 Å². The molecule has 0 atom stereocenters. The second-order valence-electron chi connectivity index (χ2n) is 6.15. The van der Waals surface area contributed by atoms with E-state index in [1.807, 2.05) is 0 Å². The highest BCUT2D eigenvalue weighted by atomic mass is 15.2. The van der Waals surface area contributed by atoms with Gasteiger partial charge in [-0.3, -0.25) is 4.90 Å². The van der Waals surface area contributed by atoms with E-state index in [9.17, 15) is 0 Å². The number of benzene rings is 1. The largest absolute Gasteiger partial charge is 0.313 e. The number of rotatable bonds is 8. The molecule has 0 saturated heterocycles. The van der Waals surface area contributed by atoms with Crippen molar-refractivity contribution in [3.8, 4) is 0 Å². The molecular formula is C17H28N2. The van der Waals surface area contributed by atoms with Crippen LogP contribution in [0, 0.1) is 5.92 Å². The molecule has 19 heavy (non-hydrogen) atoms. The molecule has 0 aromatic heterocycles. The average molecular weight is 260 g/mol. The third-order valence-electron chi connectivity index (χ3n) is 3.65. The molecule has 2 nitrogen and oxygen atoms in total. The summed E-state index contributed by atoms with van der Waals surface area (Å²) in [6.45, 7) is 11.1. The topological polar surface area (TPSA) is 15.3 Å². The summed E-state index contributed by atoms with van der Waals surface area (Å²) in [5.41, 5.74) is 2.83. The highest BCUT2D eigenvalue weighted by Crippen LogP contribution is 2.29. The van der Waals surface area contributed by atoms with Crippen LogP contribution in [0.3, 0.4) is 0 Å². The Balaban J connectivity index is 1.89. The Morgan fingerprint density at radius 2 is 1.79 bits per heavy atom. The van der Waals surface area contributed by atoms with Crippen molar-refractivity contribution in [1.82, 2.24) is 10.2 Å². The Bertz CT molecular complexity index is 365. The Morgan fingerprint density at radius 1 is 1.16 bits per heavy atom. The summed E-state index contributed by atoms with van der Waals surface area (Å²) < 4.78 is 0. The molecule has 1 aromatic rings. The number of nitrogens with zero attached hydrogens (tertiary/aromatic N) is 1. The van der Waals surface area contributed by atoms with Crippen molar-refractivity contribution in [2.45, 2.75) is 52.7 Å². The molecule has 0 radical (unpaired) electrons. The summed E-state index contributed by atoms with van der Waals surface area (Å²) in [5, 5.41) is 3.37. The summed E-state index contributed by atoms with van der Waals surface area (Å²) in [7, 11) is 0. The van der Waals surface area contributed by atoms with Crippen molar-refractivity contribution in [2.24, 2.45) is 5.92 Å². The third kappa shape index (κ3) is 4.96. The van der Waals surface area contributed by atoms with Crippen molar-refractivity contribution >= 4 is 0 Å². The Hall–Kier alpha value is -0.860. The van der Waals surface area contributed by atoms with Crippen molar-refractivity contribution in [2.75, 3.05) is 13.1 Å². The number of hydrogen-bond acceptors (Lipinski definition) is 2. The number of hydrogen-bond donors (Lipinski definition) is 1. The molecule has 0 amide bonds. The van der Waals surface area contributed by atoms with E-state index in [-0.39, 0.29) is 0 Å². The maximum absolute atomic E-state index is 3.37. The van der Waals surface area contributed by atoms with Gasteiger partial charge in [0.15, 0.2) is 0 Å². The van der Waals surface area contributed by atoms with E-state index < -0.39 is 0 Å². The van der Waals surface area contributed by atoms with Crippen LogP contribution in [0.4, 0.5) is 0 Å². The Labute approximate surface area is 118 Å². The normalized spacial score (nSPS) is 15.4. The highest BCUT2D eigenvalue weighted by Gasteiger charge is 2.29. The molecular weight excluding hydrogens is 232 g/mol. The van der Waals surface area contributed by atoms with E-state index in [1.54, 1.807) is 0 Å². The van der Waals surface area contributed by atoms with Crippen LogP contribution < -0.4 is 5.32 Å². The average Bonchev–Trinajstić information content (AvgIpc) is 3.21. The van der Waals surface area contributed by atoms with Gasteiger partial charge in [0.05, 0.1) is 0 Å². The van der Waals surface area contributed by atoms with E-state index in [0.717, 1.165) is 31.6 Å². The fraction of sp³-hybridized carbons (Fsp3) is 0.647. The van der Waals surface area contributed by atoms with Gasteiger partial charge in [-0.2, -0.15) is 0 Å². The first kappa shape index (κ1) is 14.5. The van der Waals surface area contributed by atoms with E-state index in [1.165, 1.54) is 30.5 Å². The van der Waals surface area contributed by atoms with Gasteiger partial charge >= 0.3 is 0 Å². The van der Waals surface area contributed by atoms with Crippen LogP contribution in [0.5, 0.6) is 0 Å². The summed E-state index contributed by atoms with van der Waals surface area (Å²) in [5.74, 6) is 0.758. The van der Waals surface area contributed by atoms with Crippen molar-refractivity contribution < 1.29 is 0 Å². The molecule has 1 aliphatic carbocycles. The molecule has 0 spiro atoms. The van der Waals surface area contributed by atoms with Gasteiger partial charge in [-0.1, -0.05) is 45.0 Å². The standard InChI is InChI=1S/C17H28N2/c1-4-18-11-15-5-7-16(8-6-15)13-19(12-14(2)3)17-9-10-17/h5-8,14,17-18H,4,9-13H2,1-3H3. The highest BCUT2D eigenvalue weighted by molar-refractivity contribution is 5.22. The molecule has 1 aliphatic rings. The second kappa shape index (κ2) is 7.06. The minimum Gasteiger partial charge on any atom is -0.313 e. The van der Waals surface area contributed by atoms with Crippen LogP contribution in [-0.4, -0.2) is 24.0 Å². The van der Waals surface area contributed by atoms with Crippen LogP contribution >= 0.6 is 0 Å². The first-order valence-electron chi connectivity index (χ1n) is 7.71. The molecule has 0 heterocycles. The third-order valence-corrected chi connectivity index (χ3v) is 3.65. The minimum atomic E-state index is 0.758. The quantitative estimate of drug-likeness (QED) is 0.770. The molecule has 1 fully saturated rings. The Kier molecular flexibility index (Phi) is 5.41. The van der Waals surface area contributed by atoms with Gasteiger partial charge in [-0.05, 0) is 36.4 Å². The maximum Gasteiger partial charge on any atom is 0.0236 e. The SMILES string of the molecule is CCNCc1ccc(CN(CC(C)C)C2CC2)cc1. The lowest BCUT2D eigenvalue weighted by molar-refractivity contribution is 0.226. The van der Waals surface area contributed by atoms with Crippen LogP contribution in [0.25, 0.3) is 0 Å². The lowest BCUT2D eigenvalue weighted by Gasteiger charge is -2.24. The minimum absolute atomic E-state index is 0.758. The van der Waals surface area contributed by atoms with Crippen molar-refractivity contribution in [1.29, 1.82) is 0 Å². The molecule has 106 valence electrons. The van der Waals surface area contributed by atoms with E-state index in [4.69, 9.17) is 0 Å². The van der Waals surface area contributed by atoms with Gasteiger partial charge in [0, 0.05) is 25.7 Å². The molecule has 2 rings (SSSR count). The fourth-order valence-corrected chi connectivity index (χ4v) is 2.52. The van der Waals surface area contributed by atoms with Gasteiger partial charge in [0.1, 0.15) is 0 Å². The maximum atomic E-state index is 3.37. The van der Waals surface area contributed by atoms with Gasteiger partial charge in [-0.15, -0.1) is 0 Å². The van der Waals surface area contributed by atoms with Crippen molar-refractivity contribution in [3.63, 3.8) is 0 Å². The zero-order valence-electron chi connectivity index (χ0n) is 12.7. The van der Waals surface area contributed by atoms with Gasteiger partial charge in [0.25, 0.3) is 0 Å². The zero-order chi connectivity index (χ0) is 13.7. The molecule has 0 aliphatic heterocycles. The van der Waals surface area contributed by atoms with E-state index in [2.05, 4.69) is 55.3 Å². The molecule has 1 aromatic carbocycles. The lowest BCUT2D eigenvalue weighted by Crippen LogP contribution is -2.29. The predicted molar refractivity (Wildman–Crippen MR) is 82.1 cm³/mol. The van der Waals surface area contributed by atoms with Crippen LogP contribution in [0.2, 0.25) is 0 Å². The van der Waals surface area contributed by atoms with Crippen LogP contribution in [-0.2, 0) is 13.1 Å². The monoisotopic (exact) mass is 260 g/mol. The van der Waals surface area contributed by atoms with E-state index >= 15 is 0 Å². The molecule has 0 bridgehead atoms. The molecule has 1 N–H and O–H groups in total. The van der Waals surface area contributed by atoms with Gasteiger partial charge in [0.2, 0.25) is 0 Å². The molecule has 0 unspecified atom stereocenters. The van der Waals surface area contributed by atoms with E-state index in [0.29, 0.717) is 0 Å². The van der Waals surface area contributed by atoms with Gasteiger partial charge < -0.3 is 5.32 Å². The number of nitrogens with one attached hydrogen (secondary N) is 1. The first-order valence-corrected chi connectivity index (χ1v) is 7.71. The first-order chi connectivity index (χ1) is 9.19. The van der Waals surface area contributed by atoms with Crippen LogP contribution in [0.15, 0.2) is 24.3 Å². The molecule has 2 heteroatoms. The second-order valence-corrected chi connectivity index (χ2v) is 6.15. The smallest absolute Gasteiger partial charge is 0.0236 e. The van der Waals surface area contributed by atoms with Crippen molar-refractivity contribution in [3.05, 3.63) is 35.4 Å². The zero-order valence-corrected chi connectivity index (χ0v) is 12.7. The lowest BCUT2D eigenvalue weighted by atomic mass is 10.1. The summed E-state index contributed by atoms with van der Waals surface area (Å²) in [4.78, 5) is 2.66. The summed E-state index contributed by atoms with van der Waals surface area (Å²) >= 11 is 0. The fourth-order valence-electron chi connectivity index (χ4n) is 2.52.